The number of hydrogen-bond donors (Lipinski definition) is 1. The Morgan fingerprint density at radius 3 is 2.70 bits per heavy atom. The molecule has 0 atom stereocenters. The molecule has 120 valence electrons. The van der Waals surface area contributed by atoms with Gasteiger partial charge in [-0.25, -0.2) is 8.42 Å². The first-order valence-corrected chi connectivity index (χ1v) is 9.66. The van der Waals surface area contributed by atoms with Crippen molar-refractivity contribution >= 4 is 43.2 Å². The maximum atomic E-state index is 12.3. The zero-order valence-corrected chi connectivity index (χ0v) is 14.8. The molecule has 1 N–H and O–H groups in total. The number of carbonyl (C=O) groups excluding carboxylic acids is 1. The summed E-state index contributed by atoms with van der Waals surface area (Å²) < 4.78 is 25.7. The van der Waals surface area contributed by atoms with E-state index >= 15 is 0 Å². The molecule has 2 aromatic carbocycles. The van der Waals surface area contributed by atoms with Gasteiger partial charge in [0.05, 0.1) is 11.9 Å². The third-order valence-corrected chi connectivity index (χ3v) is 5.35. The SMILES string of the molecule is CS(=O)(=O)N1CCc2cc(NC(=O)c3cccc(Br)c3)ccc21. The first kappa shape index (κ1) is 16.0. The maximum absolute atomic E-state index is 12.3. The van der Waals surface area contributed by atoms with E-state index in [-0.39, 0.29) is 5.91 Å². The van der Waals surface area contributed by atoms with Gasteiger partial charge in [0.15, 0.2) is 0 Å². The minimum Gasteiger partial charge on any atom is -0.322 e. The highest BCUT2D eigenvalue weighted by Crippen LogP contribution is 2.32. The Morgan fingerprint density at radius 1 is 1.22 bits per heavy atom. The topological polar surface area (TPSA) is 66.5 Å². The molecular weight excluding hydrogens is 380 g/mol. The Hall–Kier alpha value is -1.86. The molecule has 0 aromatic heterocycles. The summed E-state index contributed by atoms with van der Waals surface area (Å²) >= 11 is 3.34. The van der Waals surface area contributed by atoms with Crippen molar-refractivity contribution in [3.05, 3.63) is 58.1 Å². The molecule has 0 aliphatic carbocycles. The van der Waals surface area contributed by atoms with Crippen molar-refractivity contribution in [3.63, 3.8) is 0 Å². The standard InChI is InChI=1S/C16H15BrN2O3S/c1-23(21,22)19-8-7-11-10-14(5-6-15(11)19)18-16(20)12-3-2-4-13(17)9-12/h2-6,9-10H,7-8H2,1H3,(H,18,20). The smallest absolute Gasteiger partial charge is 0.255 e. The predicted molar refractivity (Wildman–Crippen MR) is 94.4 cm³/mol. The van der Waals surface area contributed by atoms with Gasteiger partial charge < -0.3 is 5.32 Å². The lowest BCUT2D eigenvalue weighted by molar-refractivity contribution is 0.102. The van der Waals surface area contributed by atoms with Gasteiger partial charge in [-0.1, -0.05) is 22.0 Å². The lowest BCUT2D eigenvalue weighted by Crippen LogP contribution is -2.27. The lowest BCUT2D eigenvalue weighted by atomic mass is 10.1. The fourth-order valence-corrected chi connectivity index (χ4v) is 3.98. The second-order valence-electron chi connectivity index (χ2n) is 5.39. The first-order valence-electron chi connectivity index (χ1n) is 7.02. The van der Waals surface area contributed by atoms with Gasteiger partial charge in [-0.2, -0.15) is 0 Å². The molecular formula is C16H15BrN2O3S. The number of halogens is 1. The van der Waals surface area contributed by atoms with Crippen LogP contribution >= 0.6 is 15.9 Å². The van der Waals surface area contributed by atoms with Gasteiger partial charge in [0.25, 0.3) is 5.91 Å². The van der Waals surface area contributed by atoms with E-state index in [1.807, 2.05) is 12.1 Å². The maximum Gasteiger partial charge on any atom is 0.255 e. The molecule has 1 aliphatic rings. The summed E-state index contributed by atoms with van der Waals surface area (Å²) in [4.78, 5) is 12.3. The Labute approximate surface area is 143 Å². The van der Waals surface area contributed by atoms with E-state index in [2.05, 4.69) is 21.2 Å². The summed E-state index contributed by atoms with van der Waals surface area (Å²) in [6.45, 7) is 0.442. The van der Waals surface area contributed by atoms with Crippen LogP contribution in [0.3, 0.4) is 0 Å². The molecule has 0 saturated heterocycles. The fourth-order valence-electron chi connectivity index (χ4n) is 2.63. The number of carbonyl (C=O) groups is 1. The number of nitrogens with zero attached hydrogens (tertiary/aromatic N) is 1. The summed E-state index contributed by atoms with van der Waals surface area (Å²) in [5.74, 6) is -0.204. The molecule has 23 heavy (non-hydrogen) atoms. The minimum atomic E-state index is -3.26. The highest BCUT2D eigenvalue weighted by molar-refractivity contribution is 9.10. The van der Waals surface area contributed by atoms with Crippen LogP contribution in [0.1, 0.15) is 15.9 Å². The first-order chi connectivity index (χ1) is 10.8. The van der Waals surface area contributed by atoms with E-state index in [9.17, 15) is 13.2 Å². The molecule has 5 nitrogen and oxygen atoms in total. The van der Waals surface area contributed by atoms with Crippen LogP contribution in [0.4, 0.5) is 11.4 Å². The van der Waals surface area contributed by atoms with Gasteiger partial charge in [0.2, 0.25) is 10.0 Å². The van der Waals surface area contributed by atoms with Crippen LogP contribution in [0.5, 0.6) is 0 Å². The molecule has 0 spiro atoms. The average molecular weight is 395 g/mol. The summed E-state index contributed by atoms with van der Waals surface area (Å²) in [5.41, 5.74) is 2.82. The van der Waals surface area contributed by atoms with Gasteiger partial charge in [-0.3, -0.25) is 9.10 Å². The zero-order valence-electron chi connectivity index (χ0n) is 12.4. The third-order valence-electron chi connectivity index (χ3n) is 3.68. The number of amides is 1. The molecule has 1 heterocycles. The summed E-state index contributed by atoms with van der Waals surface area (Å²) in [6, 6.07) is 12.4. The van der Waals surface area contributed by atoms with E-state index in [0.717, 1.165) is 10.0 Å². The van der Waals surface area contributed by atoms with Gasteiger partial charge in [0.1, 0.15) is 0 Å². The van der Waals surface area contributed by atoms with Gasteiger partial charge in [-0.15, -0.1) is 0 Å². The van der Waals surface area contributed by atoms with Crippen LogP contribution in [0.2, 0.25) is 0 Å². The molecule has 0 saturated carbocycles. The highest BCUT2D eigenvalue weighted by atomic mass is 79.9. The van der Waals surface area contributed by atoms with Crippen molar-refractivity contribution in [1.82, 2.24) is 0 Å². The van der Waals surface area contributed by atoms with Crippen LogP contribution in [0, 0.1) is 0 Å². The number of nitrogens with one attached hydrogen (secondary N) is 1. The predicted octanol–water partition coefficient (Wildman–Crippen LogP) is 3.02. The van der Waals surface area contributed by atoms with E-state index < -0.39 is 10.0 Å². The number of anilines is 2. The van der Waals surface area contributed by atoms with Crippen LogP contribution in [0.15, 0.2) is 46.9 Å². The molecule has 0 bridgehead atoms. The molecule has 0 radical (unpaired) electrons. The number of benzene rings is 2. The van der Waals surface area contributed by atoms with Crippen molar-refractivity contribution in [2.75, 3.05) is 22.4 Å². The largest absolute Gasteiger partial charge is 0.322 e. The Bertz CT molecular complexity index is 881. The molecule has 2 aromatic rings. The number of rotatable bonds is 3. The Kier molecular flexibility index (Phi) is 4.16. The molecule has 0 unspecified atom stereocenters. The van der Waals surface area contributed by atoms with E-state index in [1.165, 1.54) is 10.6 Å². The third kappa shape index (κ3) is 3.40. The Balaban J connectivity index is 1.82. The number of sulfonamides is 1. The molecule has 1 amide bonds. The number of fused-ring (bicyclic) bond motifs is 1. The van der Waals surface area contributed by atoms with Crippen LogP contribution < -0.4 is 9.62 Å². The van der Waals surface area contributed by atoms with Crippen LogP contribution in [0.25, 0.3) is 0 Å². The molecule has 7 heteroatoms. The van der Waals surface area contributed by atoms with Crippen molar-refractivity contribution in [2.24, 2.45) is 0 Å². The van der Waals surface area contributed by atoms with Crippen molar-refractivity contribution < 1.29 is 13.2 Å². The normalized spacial score (nSPS) is 13.7. The highest BCUT2D eigenvalue weighted by Gasteiger charge is 2.26. The number of hydrogen-bond acceptors (Lipinski definition) is 3. The average Bonchev–Trinajstić information content (AvgIpc) is 2.90. The summed E-state index contributed by atoms with van der Waals surface area (Å²) in [6.07, 6.45) is 1.84. The van der Waals surface area contributed by atoms with E-state index in [4.69, 9.17) is 0 Å². The molecule has 3 rings (SSSR count). The summed E-state index contributed by atoms with van der Waals surface area (Å²) in [7, 11) is -3.26. The second kappa shape index (κ2) is 5.98. The summed E-state index contributed by atoms with van der Waals surface area (Å²) in [5, 5.41) is 2.84. The zero-order chi connectivity index (χ0) is 16.6. The lowest BCUT2D eigenvalue weighted by Gasteiger charge is -2.16. The van der Waals surface area contributed by atoms with Crippen molar-refractivity contribution in [2.45, 2.75) is 6.42 Å². The van der Waals surface area contributed by atoms with Crippen molar-refractivity contribution in [1.29, 1.82) is 0 Å². The molecule has 0 fully saturated rings. The molecule has 1 aliphatic heterocycles. The van der Waals surface area contributed by atoms with Crippen molar-refractivity contribution in [3.8, 4) is 0 Å². The van der Waals surface area contributed by atoms with Crippen LogP contribution in [-0.4, -0.2) is 27.1 Å². The van der Waals surface area contributed by atoms with E-state index in [0.29, 0.717) is 29.9 Å². The van der Waals surface area contributed by atoms with E-state index in [1.54, 1.807) is 30.3 Å². The van der Waals surface area contributed by atoms with Gasteiger partial charge in [0, 0.05) is 22.3 Å². The Morgan fingerprint density at radius 2 is 2.00 bits per heavy atom. The van der Waals surface area contributed by atoms with Crippen LogP contribution in [-0.2, 0) is 16.4 Å². The second-order valence-corrected chi connectivity index (χ2v) is 8.22. The van der Waals surface area contributed by atoms with Gasteiger partial charge >= 0.3 is 0 Å². The van der Waals surface area contributed by atoms with Gasteiger partial charge in [-0.05, 0) is 48.4 Å². The minimum absolute atomic E-state index is 0.204. The fraction of sp³-hybridized carbons (Fsp3) is 0.188. The quantitative estimate of drug-likeness (QED) is 0.869. The monoisotopic (exact) mass is 394 g/mol.